The summed E-state index contributed by atoms with van der Waals surface area (Å²) in [4.78, 5) is 11.0. The van der Waals surface area contributed by atoms with E-state index in [-0.39, 0.29) is 11.1 Å². The van der Waals surface area contributed by atoms with Gasteiger partial charge in [-0.3, -0.25) is 0 Å². The lowest BCUT2D eigenvalue weighted by Gasteiger charge is -2.14. The number of hydrogen-bond acceptors (Lipinski definition) is 1. The number of hydrogen-bond donors (Lipinski definition) is 1. The van der Waals surface area contributed by atoms with E-state index in [1.165, 1.54) is 12.1 Å². The maximum atomic E-state index is 13.7. The van der Waals surface area contributed by atoms with Gasteiger partial charge in [0.1, 0.15) is 0 Å². The molecule has 0 aliphatic rings. The molecule has 132 valence electrons. The van der Waals surface area contributed by atoms with E-state index in [9.17, 15) is 13.6 Å². The van der Waals surface area contributed by atoms with Crippen molar-refractivity contribution in [3.8, 4) is 0 Å². The zero-order chi connectivity index (χ0) is 18.9. The molecule has 0 saturated carbocycles. The van der Waals surface area contributed by atoms with Crippen molar-refractivity contribution >= 4 is 54.1 Å². The SMILES string of the molecule is O=C(O)c1cccc(/C=C/c2ccc3cc(Br)c(C(F)(F)P)cc3c2)c1. The third-order valence-electron chi connectivity index (χ3n) is 3.91. The molecule has 1 N–H and O–H groups in total. The zero-order valence-electron chi connectivity index (χ0n) is 13.4. The highest BCUT2D eigenvalue weighted by atomic mass is 79.9. The molecule has 0 aromatic heterocycles. The van der Waals surface area contributed by atoms with Crippen LogP contribution in [0.2, 0.25) is 0 Å². The molecule has 0 aliphatic carbocycles. The van der Waals surface area contributed by atoms with Gasteiger partial charge >= 0.3 is 5.97 Å². The van der Waals surface area contributed by atoms with Crippen LogP contribution >= 0.6 is 25.2 Å². The number of aromatic carboxylic acids is 1. The topological polar surface area (TPSA) is 37.3 Å². The van der Waals surface area contributed by atoms with Crippen LogP contribution in [0, 0.1) is 0 Å². The second kappa shape index (κ2) is 7.26. The fraction of sp³-hybridized carbons (Fsp3) is 0.0500. The molecule has 0 bridgehead atoms. The van der Waals surface area contributed by atoms with Gasteiger partial charge in [-0.2, -0.15) is 8.78 Å². The molecule has 1 atom stereocenters. The minimum atomic E-state index is -3.02. The lowest BCUT2D eigenvalue weighted by atomic mass is 10.0. The number of rotatable bonds is 4. The number of carboxylic acids is 1. The standard InChI is InChI=1S/C20H14BrF2O2P/c21-18-11-14-7-6-13(9-16(14)10-17(18)20(22,23)26)5-4-12-2-1-3-15(8-12)19(24)25/h1-11H,26H2,(H,24,25)/b5-4+. The zero-order valence-corrected chi connectivity index (χ0v) is 16.2. The van der Waals surface area contributed by atoms with E-state index in [4.69, 9.17) is 5.11 Å². The average Bonchev–Trinajstić information content (AvgIpc) is 2.58. The summed E-state index contributed by atoms with van der Waals surface area (Å²) in [6.45, 7) is 0. The van der Waals surface area contributed by atoms with Crippen LogP contribution in [0.5, 0.6) is 0 Å². The van der Waals surface area contributed by atoms with Gasteiger partial charge in [-0.15, -0.1) is 0 Å². The number of alkyl halides is 2. The third-order valence-corrected chi connectivity index (χ3v) is 4.88. The number of carbonyl (C=O) groups is 1. The van der Waals surface area contributed by atoms with E-state index in [1.807, 2.05) is 24.3 Å². The molecule has 26 heavy (non-hydrogen) atoms. The smallest absolute Gasteiger partial charge is 0.335 e. The summed E-state index contributed by atoms with van der Waals surface area (Å²) in [5.41, 5.74) is -1.32. The first-order chi connectivity index (χ1) is 12.2. The van der Waals surface area contributed by atoms with Crippen LogP contribution in [0.3, 0.4) is 0 Å². The molecule has 0 spiro atoms. The summed E-state index contributed by atoms with van der Waals surface area (Å²) in [6.07, 6.45) is 3.61. The van der Waals surface area contributed by atoms with Crippen molar-refractivity contribution < 1.29 is 18.7 Å². The number of halogens is 3. The van der Waals surface area contributed by atoms with Crippen molar-refractivity contribution in [2.45, 2.75) is 5.66 Å². The van der Waals surface area contributed by atoms with E-state index in [1.54, 1.807) is 39.6 Å². The van der Waals surface area contributed by atoms with Crippen molar-refractivity contribution in [1.29, 1.82) is 0 Å². The van der Waals surface area contributed by atoms with Crippen LogP contribution in [0.1, 0.15) is 27.0 Å². The van der Waals surface area contributed by atoms with Crippen molar-refractivity contribution in [2.24, 2.45) is 0 Å². The average molecular weight is 435 g/mol. The highest BCUT2D eigenvalue weighted by Crippen LogP contribution is 2.41. The summed E-state index contributed by atoms with van der Waals surface area (Å²) >= 11 is 3.20. The Morgan fingerprint density at radius 1 is 1.00 bits per heavy atom. The highest BCUT2D eigenvalue weighted by Gasteiger charge is 2.27. The largest absolute Gasteiger partial charge is 0.478 e. The van der Waals surface area contributed by atoms with Gasteiger partial charge in [0.15, 0.2) is 0 Å². The minimum absolute atomic E-state index is 0.0923. The van der Waals surface area contributed by atoms with Gasteiger partial charge in [0.2, 0.25) is 0 Å². The molecule has 0 saturated heterocycles. The van der Waals surface area contributed by atoms with Crippen LogP contribution in [0.15, 0.2) is 59.1 Å². The molecule has 3 aromatic rings. The lowest BCUT2D eigenvalue weighted by molar-refractivity contribution is 0.0696. The van der Waals surface area contributed by atoms with Crippen molar-refractivity contribution in [3.63, 3.8) is 0 Å². The van der Waals surface area contributed by atoms with Crippen LogP contribution in [-0.2, 0) is 5.66 Å². The van der Waals surface area contributed by atoms with Crippen LogP contribution in [0.25, 0.3) is 22.9 Å². The first-order valence-corrected chi connectivity index (χ1v) is 9.03. The molecule has 0 fully saturated rings. The highest BCUT2D eigenvalue weighted by molar-refractivity contribution is 9.10. The Balaban J connectivity index is 1.97. The van der Waals surface area contributed by atoms with Crippen molar-refractivity contribution in [2.75, 3.05) is 0 Å². The predicted molar refractivity (Wildman–Crippen MR) is 108 cm³/mol. The molecule has 0 radical (unpaired) electrons. The normalized spacial score (nSPS) is 12.0. The van der Waals surface area contributed by atoms with Gasteiger partial charge in [0.05, 0.1) is 5.56 Å². The summed E-state index contributed by atoms with van der Waals surface area (Å²) in [7, 11) is 1.55. The second-order valence-corrected chi connectivity index (χ2v) is 7.41. The molecule has 3 rings (SSSR count). The van der Waals surface area contributed by atoms with Gasteiger partial charge in [-0.05, 0) is 52.2 Å². The molecular weight excluding hydrogens is 421 g/mol. The van der Waals surface area contributed by atoms with Gasteiger partial charge in [0, 0.05) is 10.0 Å². The Kier molecular flexibility index (Phi) is 5.22. The fourth-order valence-corrected chi connectivity index (χ4v) is 3.69. The molecular formula is C20H14BrF2O2P. The van der Waals surface area contributed by atoms with Gasteiger partial charge in [0.25, 0.3) is 5.66 Å². The molecule has 0 amide bonds. The van der Waals surface area contributed by atoms with Crippen molar-refractivity contribution in [3.05, 3.63) is 81.3 Å². The predicted octanol–water partition coefficient (Wildman–Crippen LogP) is 6.40. The monoisotopic (exact) mass is 434 g/mol. The summed E-state index contributed by atoms with van der Waals surface area (Å²) in [5, 5.41) is 10.6. The molecule has 0 heterocycles. The lowest BCUT2D eigenvalue weighted by Crippen LogP contribution is -2.03. The minimum Gasteiger partial charge on any atom is -0.478 e. The molecule has 1 unspecified atom stereocenters. The van der Waals surface area contributed by atoms with Crippen LogP contribution in [0.4, 0.5) is 8.78 Å². The summed E-state index contributed by atoms with van der Waals surface area (Å²) < 4.78 is 27.7. The Morgan fingerprint density at radius 2 is 1.69 bits per heavy atom. The van der Waals surface area contributed by atoms with Gasteiger partial charge in [-0.1, -0.05) is 61.6 Å². The number of fused-ring (bicyclic) bond motifs is 1. The third kappa shape index (κ3) is 4.17. The van der Waals surface area contributed by atoms with Crippen LogP contribution in [-0.4, -0.2) is 11.1 Å². The first-order valence-electron chi connectivity index (χ1n) is 7.66. The number of carboxylic acid groups (broad SMARTS) is 1. The summed E-state index contributed by atoms with van der Waals surface area (Å²) in [5.74, 6) is -0.984. The Bertz CT molecular complexity index is 1030. The van der Waals surface area contributed by atoms with Gasteiger partial charge in [-0.25, -0.2) is 4.79 Å². The van der Waals surface area contributed by atoms with E-state index in [0.29, 0.717) is 9.86 Å². The maximum Gasteiger partial charge on any atom is 0.335 e. The fourth-order valence-electron chi connectivity index (χ4n) is 2.62. The molecule has 3 aromatic carbocycles. The quantitative estimate of drug-likeness (QED) is 0.381. The second-order valence-electron chi connectivity index (χ2n) is 5.83. The Hall–Kier alpha value is -2.10. The Labute approximate surface area is 159 Å². The van der Waals surface area contributed by atoms with Crippen LogP contribution < -0.4 is 0 Å². The van der Waals surface area contributed by atoms with Crippen molar-refractivity contribution in [1.82, 2.24) is 0 Å². The molecule has 6 heteroatoms. The summed E-state index contributed by atoms with van der Waals surface area (Å²) in [6, 6.07) is 15.3. The van der Waals surface area contributed by atoms with Gasteiger partial charge < -0.3 is 5.11 Å². The van der Waals surface area contributed by atoms with E-state index in [2.05, 4.69) is 15.9 Å². The van der Waals surface area contributed by atoms with E-state index >= 15 is 0 Å². The molecule has 2 nitrogen and oxygen atoms in total. The number of benzene rings is 3. The first kappa shape index (κ1) is 18.7. The Morgan fingerprint density at radius 3 is 2.35 bits per heavy atom. The maximum absolute atomic E-state index is 13.7. The van der Waals surface area contributed by atoms with E-state index in [0.717, 1.165) is 16.5 Å². The van der Waals surface area contributed by atoms with E-state index < -0.39 is 11.6 Å². The molecule has 0 aliphatic heterocycles.